The van der Waals surface area contributed by atoms with E-state index < -0.39 is 0 Å². The zero-order chi connectivity index (χ0) is 11.8. The minimum absolute atomic E-state index is 0.210. The topological polar surface area (TPSA) is 33.3 Å². The van der Waals surface area contributed by atoms with Gasteiger partial charge in [-0.2, -0.15) is 0 Å². The highest BCUT2D eigenvalue weighted by Crippen LogP contribution is 2.15. The molecule has 16 heavy (non-hydrogen) atoms. The summed E-state index contributed by atoms with van der Waals surface area (Å²) >= 11 is 0. The number of hydrogen-bond acceptors (Lipinski definition) is 3. The van der Waals surface area contributed by atoms with Crippen molar-refractivity contribution in [3.05, 3.63) is 23.9 Å². The maximum absolute atomic E-state index is 5.47. The van der Waals surface area contributed by atoms with Gasteiger partial charge in [0.1, 0.15) is 0 Å². The summed E-state index contributed by atoms with van der Waals surface area (Å²) in [5, 5.41) is 0. The van der Waals surface area contributed by atoms with Gasteiger partial charge in [0, 0.05) is 19.4 Å². The van der Waals surface area contributed by atoms with Gasteiger partial charge in [0.05, 0.1) is 6.10 Å². The van der Waals surface area contributed by atoms with Crippen molar-refractivity contribution < 1.29 is 4.74 Å². The van der Waals surface area contributed by atoms with Crippen molar-refractivity contribution in [3.63, 3.8) is 0 Å². The molecule has 3 heteroatoms. The monoisotopic (exact) mass is 224 g/mol. The summed E-state index contributed by atoms with van der Waals surface area (Å²) in [6.07, 6.45) is 11.2. The van der Waals surface area contributed by atoms with Crippen molar-refractivity contribution in [1.29, 1.82) is 0 Å². The van der Waals surface area contributed by atoms with Crippen LogP contribution in [0, 0.1) is 0 Å². The summed E-state index contributed by atoms with van der Waals surface area (Å²) in [6, 6.07) is 0.397. The van der Waals surface area contributed by atoms with E-state index in [2.05, 4.69) is 36.9 Å². The summed E-state index contributed by atoms with van der Waals surface area (Å²) < 4.78 is 5.47. The van der Waals surface area contributed by atoms with Crippen LogP contribution in [0.2, 0.25) is 0 Å². The summed E-state index contributed by atoms with van der Waals surface area (Å²) in [6.45, 7) is 4.37. The first-order valence-corrected chi connectivity index (χ1v) is 6.23. The number of unbranched alkanes of at least 4 members (excludes halogenated alkanes) is 1. The lowest BCUT2D eigenvalue weighted by Gasteiger charge is -2.17. The lowest BCUT2D eigenvalue weighted by Crippen LogP contribution is -2.35. The molecule has 0 aromatic carbocycles. The van der Waals surface area contributed by atoms with Crippen molar-refractivity contribution in [3.8, 4) is 0 Å². The predicted molar refractivity (Wildman–Crippen MR) is 67.9 cm³/mol. The lowest BCUT2D eigenvalue weighted by molar-refractivity contribution is 0.131. The van der Waals surface area contributed by atoms with Crippen molar-refractivity contribution in [2.75, 3.05) is 7.11 Å². The Morgan fingerprint density at radius 1 is 1.44 bits per heavy atom. The molecule has 3 nitrogen and oxygen atoms in total. The SMILES string of the molecule is CCCCC1C=C(C(CC)OC)C=CNN1. The van der Waals surface area contributed by atoms with Crippen LogP contribution in [-0.2, 0) is 4.74 Å². The minimum atomic E-state index is 0.210. The van der Waals surface area contributed by atoms with E-state index in [0.717, 1.165) is 12.8 Å². The fourth-order valence-corrected chi connectivity index (χ4v) is 1.96. The zero-order valence-corrected chi connectivity index (χ0v) is 10.6. The molecule has 0 aliphatic carbocycles. The van der Waals surface area contributed by atoms with Crippen LogP contribution in [-0.4, -0.2) is 19.3 Å². The second-order valence-electron chi connectivity index (χ2n) is 4.17. The van der Waals surface area contributed by atoms with Gasteiger partial charge < -0.3 is 10.2 Å². The lowest BCUT2D eigenvalue weighted by atomic mass is 10.0. The Kier molecular flexibility index (Phi) is 6.19. The van der Waals surface area contributed by atoms with Crippen molar-refractivity contribution in [2.24, 2.45) is 0 Å². The Balaban J connectivity index is 2.65. The van der Waals surface area contributed by atoms with Crippen molar-refractivity contribution in [1.82, 2.24) is 10.9 Å². The molecule has 1 rings (SSSR count). The van der Waals surface area contributed by atoms with Gasteiger partial charge in [-0.3, -0.25) is 0 Å². The van der Waals surface area contributed by atoms with Crippen LogP contribution in [0.4, 0.5) is 0 Å². The molecule has 0 amide bonds. The molecule has 0 spiro atoms. The maximum Gasteiger partial charge on any atom is 0.0816 e. The maximum atomic E-state index is 5.47. The molecule has 92 valence electrons. The highest BCUT2D eigenvalue weighted by Gasteiger charge is 2.13. The molecule has 1 aliphatic rings. The molecule has 0 fully saturated rings. The Labute approximate surface area is 98.9 Å². The van der Waals surface area contributed by atoms with Crippen LogP contribution in [0.15, 0.2) is 23.9 Å². The minimum Gasteiger partial charge on any atom is -0.377 e. The normalized spacial score (nSPS) is 22.2. The number of nitrogens with one attached hydrogen (secondary N) is 2. The van der Waals surface area contributed by atoms with Gasteiger partial charge in [0.2, 0.25) is 0 Å². The smallest absolute Gasteiger partial charge is 0.0816 e. The summed E-state index contributed by atoms with van der Waals surface area (Å²) in [7, 11) is 1.77. The summed E-state index contributed by atoms with van der Waals surface area (Å²) in [4.78, 5) is 0. The van der Waals surface area contributed by atoms with E-state index in [1.54, 1.807) is 7.11 Å². The number of rotatable bonds is 6. The Morgan fingerprint density at radius 2 is 2.25 bits per heavy atom. The number of hydrazine groups is 1. The van der Waals surface area contributed by atoms with Crippen LogP contribution in [0.3, 0.4) is 0 Å². The third kappa shape index (κ3) is 3.99. The molecule has 0 bridgehead atoms. The first-order chi connectivity index (χ1) is 7.81. The second kappa shape index (κ2) is 7.47. The van der Waals surface area contributed by atoms with Crippen molar-refractivity contribution in [2.45, 2.75) is 51.7 Å². The molecular weight excluding hydrogens is 200 g/mol. The third-order valence-electron chi connectivity index (χ3n) is 2.92. The number of ether oxygens (including phenoxy) is 1. The average molecular weight is 224 g/mol. The van der Waals surface area contributed by atoms with Gasteiger partial charge in [-0.05, 0) is 24.5 Å². The molecule has 0 saturated heterocycles. The Morgan fingerprint density at radius 3 is 2.88 bits per heavy atom. The molecule has 0 aromatic heterocycles. The van der Waals surface area contributed by atoms with Crippen LogP contribution in [0.1, 0.15) is 39.5 Å². The van der Waals surface area contributed by atoms with E-state index in [1.807, 2.05) is 6.20 Å². The van der Waals surface area contributed by atoms with Crippen LogP contribution < -0.4 is 10.9 Å². The van der Waals surface area contributed by atoms with E-state index in [1.165, 1.54) is 18.4 Å². The van der Waals surface area contributed by atoms with E-state index in [4.69, 9.17) is 4.74 Å². The molecule has 2 atom stereocenters. The molecule has 1 heterocycles. The van der Waals surface area contributed by atoms with E-state index in [-0.39, 0.29) is 6.10 Å². The highest BCUT2D eigenvalue weighted by atomic mass is 16.5. The van der Waals surface area contributed by atoms with Crippen LogP contribution in [0.5, 0.6) is 0 Å². The number of hydrogen-bond donors (Lipinski definition) is 2. The average Bonchev–Trinajstić information content (AvgIpc) is 2.54. The molecule has 1 aliphatic heterocycles. The standard InChI is InChI=1S/C13H24N2O/c1-4-6-7-12-10-11(8-9-14-15-12)13(5-2)16-3/h8-10,12-15H,4-7H2,1-3H3. The molecular formula is C13H24N2O. The van der Waals surface area contributed by atoms with Gasteiger partial charge in [0.25, 0.3) is 0 Å². The fourth-order valence-electron chi connectivity index (χ4n) is 1.96. The van der Waals surface area contributed by atoms with Gasteiger partial charge in [0.15, 0.2) is 0 Å². The van der Waals surface area contributed by atoms with Crippen LogP contribution >= 0.6 is 0 Å². The van der Waals surface area contributed by atoms with E-state index in [9.17, 15) is 0 Å². The van der Waals surface area contributed by atoms with Gasteiger partial charge in [-0.25, -0.2) is 5.43 Å². The molecule has 2 N–H and O–H groups in total. The van der Waals surface area contributed by atoms with Gasteiger partial charge in [-0.15, -0.1) is 0 Å². The van der Waals surface area contributed by atoms with E-state index >= 15 is 0 Å². The predicted octanol–water partition coefficient (Wildman–Crippen LogP) is 2.52. The van der Waals surface area contributed by atoms with Gasteiger partial charge >= 0.3 is 0 Å². The first-order valence-electron chi connectivity index (χ1n) is 6.23. The third-order valence-corrected chi connectivity index (χ3v) is 2.92. The summed E-state index contributed by atoms with van der Waals surface area (Å²) in [5.74, 6) is 0. The molecule has 2 unspecified atom stereocenters. The quantitative estimate of drug-likeness (QED) is 0.727. The summed E-state index contributed by atoms with van der Waals surface area (Å²) in [5.41, 5.74) is 7.65. The molecule has 0 radical (unpaired) electrons. The fraction of sp³-hybridized carbons (Fsp3) is 0.692. The number of methoxy groups -OCH3 is 1. The first kappa shape index (κ1) is 13.3. The molecule has 0 aromatic rings. The highest BCUT2D eigenvalue weighted by molar-refractivity contribution is 5.26. The van der Waals surface area contributed by atoms with E-state index in [0.29, 0.717) is 6.04 Å². The van der Waals surface area contributed by atoms with Gasteiger partial charge in [-0.1, -0.05) is 32.8 Å². The zero-order valence-electron chi connectivity index (χ0n) is 10.6. The second-order valence-corrected chi connectivity index (χ2v) is 4.17. The largest absolute Gasteiger partial charge is 0.377 e. The van der Waals surface area contributed by atoms with Crippen molar-refractivity contribution >= 4 is 0 Å². The van der Waals surface area contributed by atoms with Crippen LogP contribution in [0.25, 0.3) is 0 Å². The Hall–Kier alpha value is -0.800. The Bertz CT molecular complexity index is 244. The molecule has 0 saturated carbocycles.